The third kappa shape index (κ3) is 3.11. The van der Waals surface area contributed by atoms with Gasteiger partial charge in [0.15, 0.2) is 5.01 Å². The van der Waals surface area contributed by atoms with Gasteiger partial charge in [0.2, 0.25) is 5.92 Å². The van der Waals surface area contributed by atoms with Crippen LogP contribution in [0.25, 0.3) is 16.8 Å². The van der Waals surface area contributed by atoms with E-state index in [1.807, 2.05) is 18.2 Å². The second-order valence-corrected chi connectivity index (χ2v) is 7.60. The third-order valence-corrected chi connectivity index (χ3v) is 5.45. The molecule has 0 bridgehead atoms. The average Bonchev–Trinajstić information content (AvgIpc) is 3.24. The summed E-state index contributed by atoms with van der Waals surface area (Å²) in [6.45, 7) is 0. The largest absolute Gasteiger partial charge is 0.347 e. The second kappa shape index (κ2) is 6.03. The molecule has 4 rings (SSSR count). The van der Waals surface area contributed by atoms with Gasteiger partial charge in [0.25, 0.3) is 5.91 Å². The summed E-state index contributed by atoms with van der Waals surface area (Å²) in [6, 6.07) is 5.06. The molecule has 1 aliphatic rings. The van der Waals surface area contributed by atoms with Crippen LogP contribution in [-0.2, 0) is 0 Å². The van der Waals surface area contributed by atoms with E-state index in [1.54, 1.807) is 16.9 Å². The second-order valence-electron chi connectivity index (χ2n) is 6.00. The van der Waals surface area contributed by atoms with Gasteiger partial charge < -0.3 is 5.32 Å². The lowest BCUT2D eigenvalue weighted by Crippen LogP contribution is -2.33. The van der Waals surface area contributed by atoms with Gasteiger partial charge in [-0.25, -0.2) is 18.3 Å². The summed E-state index contributed by atoms with van der Waals surface area (Å²) in [6.07, 6.45) is 3.16. The minimum Gasteiger partial charge on any atom is -0.347 e. The number of nitrogens with one attached hydrogen (secondary N) is 1. The Balaban J connectivity index is 1.59. The Morgan fingerprint density at radius 1 is 1.44 bits per heavy atom. The molecule has 0 saturated heterocycles. The van der Waals surface area contributed by atoms with Crippen LogP contribution in [0.1, 0.15) is 29.1 Å². The predicted molar refractivity (Wildman–Crippen MR) is 91.4 cm³/mol. The van der Waals surface area contributed by atoms with Crippen LogP contribution in [0.2, 0.25) is 4.34 Å². The number of alkyl halides is 2. The number of rotatable bonds is 3. The number of fused-ring (bicyclic) bond motifs is 1. The number of hydrogen-bond donors (Lipinski definition) is 1. The van der Waals surface area contributed by atoms with Crippen molar-refractivity contribution in [3.05, 3.63) is 39.9 Å². The highest BCUT2D eigenvalue weighted by molar-refractivity contribution is 7.18. The first kappa shape index (κ1) is 16.4. The number of nitrogens with zero attached hydrogens (tertiary/aromatic N) is 3. The maximum atomic E-state index is 13.3. The Morgan fingerprint density at radius 3 is 3.04 bits per heavy atom. The van der Waals surface area contributed by atoms with Crippen LogP contribution >= 0.6 is 22.9 Å². The molecule has 1 N–H and O–H groups in total. The highest BCUT2D eigenvalue weighted by Crippen LogP contribution is 2.36. The molecule has 1 atom stereocenters. The molecule has 0 aromatic carbocycles. The molecule has 1 aliphatic carbocycles. The van der Waals surface area contributed by atoms with Crippen molar-refractivity contribution in [2.75, 3.05) is 0 Å². The van der Waals surface area contributed by atoms with Gasteiger partial charge in [0.05, 0.1) is 11.7 Å². The SMILES string of the molecule is O=C(NC1CCC(F)(F)C1)c1nc(-c2cnn3ccccc23)c(Cl)s1. The van der Waals surface area contributed by atoms with Crippen molar-refractivity contribution in [1.82, 2.24) is 19.9 Å². The Morgan fingerprint density at radius 2 is 2.28 bits per heavy atom. The van der Waals surface area contributed by atoms with Gasteiger partial charge in [-0.3, -0.25) is 4.79 Å². The number of halogens is 3. The summed E-state index contributed by atoms with van der Waals surface area (Å²) < 4.78 is 28.6. The van der Waals surface area contributed by atoms with Crippen LogP contribution in [0.5, 0.6) is 0 Å². The molecular formula is C16H13ClF2N4OS. The van der Waals surface area contributed by atoms with Crippen LogP contribution in [0.3, 0.4) is 0 Å². The van der Waals surface area contributed by atoms with Gasteiger partial charge in [-0.1, -0.05) is 29.0 Å². The molecule has 9 heteroatoms. The maximum Gasteiger partial charge on any atom is 0.280 e. The highest BCUT2D eigenvalue weighted by atomic mass is 35.5. The number of hydrogen-bond acceptors (Lipinski definition) is 4. The van der Waals surface area contributed by atoms with Crippen molar-refractivity contribution < 1.29 is 13.6 Å². The molecule has 5 nitrogen and oxygen atoms in total. The van der Waals surface area contributed by atoms with Crippen LogP contribution in [-0.4, -0.2) is 32.5 Å². The first-order chi connectivity index (χ1) is 11.9. The fraction of sp³-hybridized carbons (Fsp3) is 0.312. The highest BCUT2D eigenvalue weighted by Gasteiger charge is 2.40. The van der Waals surface area contributed by atoms with Crippen molar-refractivity contribution in [3.8, 4) is 11.3 Å². The summed E-state index contributed by atoms with van der Waals surface area (Å²) in [4.78, 5) is 16.6. The van der Waals surface area contributed by atoms with Gasteiger partial charge in [0, 0.05) is 30.6 Å². The van der Waals surface area contributed by atoms with Crippen LogP contribution in [0.15, 0.2) is 30.6 Å². The molecule has 1 saturated carbocycles. The standard InChI is InChI=1S/C16H13ClF2N4OS/c17-13-12(10-8-20-23-6-2-1-3-11(10)23)22-15(25-13)14(24)21-9-4-5-16(18,19)7-9/h1-3,6,8-9H,4-5,7H2,(H,21,24). The first-order valence-corrected chi connectivity index (χ1v) is 8.90. The van der Waals surface area contributed by atoms with Crippen LogP contribution < -0.4 is 5.32 Å². The molecule has 0 radical (unpaired) electrons. The van der Waals surface area contributed by atoms with E-state index in [0.29, 0.717) is 15.6 Å². The molecule has 1 fully saturated rings. The molecular weight excluding hydrogens is 370 g/mol. The average molecular weight is 383 g/mol. The lowest BCUT2D eigenvalue weighted by Gasteiger charge is -2.11. The van der Waals surface area contributed by atoms with Gasteiger partial charge >= 0.3 is 0 Å². The molecule has 3 aromatic heterocycles. The Kier molecular flexibility index (Phi) is 3.96. The van der Waals surface area contributed by atoms with Gasteiger partial charge in [-0.05, 0) is 18.6 Å². The van der Waals surface area contributed by atoms with Crippen molar-refractivity contribution in [1.29, 1.82) is 0 Å². The summed E-state index contributed by atoms with van der Waals surface area (Å²) >= 11 is 7.29. The summed E-state index contributed by atoms with van der Waals surface area (Å²) in [7, 11) is 0. The predicted octanol–water partition coefficient (Wildman–Crippen LogP) is 4.03. The molecule has 0 aliphatic heterocycles. The van der Waals surface area contributed by atoms with E-state index in [-0.39, 0.29) is 24.3 Å². The number of thiazole rings is 1. The van der Waals surface area contributed by atoms with Crippen molar-refractivity contribution in [2.24, 2.45) is 0 Å². The van der Waals surface area contributed by atoms with E-state index in [0.717, 1.165) is 16.9 Å². The van der Waals surface area contributed by atoms with E-state index in [9.17, 15) is 13.6 Å². The third-order valence-electron chi connectivity index (χ3n) is 4.20. The maximum absolute atomic E-state index is 13.3. The van der Waals surface area contributed by atoms with E-state index >= 15 is 0 Å². The minimum absolute atomic E-state index is 0.158. The molecule has 25 heavy (non-hydrogen) atoms. The zero-order valence-corrected chi connectivity index (χ0v) is 14.4. The smallest absolute Gasteiger partial charge is 0.280 e. The first-order valence-electron chi connectivity index (χ1n) is 7.71. The van der Waals surface area contributed by atoms with Gasteiger partial charge in [-0.2, -0.15) is 5.10 Å². The molecule has 3 aromatic rings. The number of pyridine rings is 1. The molecule has 1 amide bonds. The van der Waals surface area contributed by atoms with Crippen molar-refractivity contribution in [2.45, 2.75) is 31.2 Å². The minimum atomic E-state index is -2.71. The molecule has 0 spiro atoms. The van der Waals surface area contributed by atoms with Gasteiger partial charge in [-0.15, -0.1) is 0 Å². The normalized spacial score (nSPS) is 19.4. The molecule has 130 valence electrons. The lowest BCUT2D eigenvalue weighted by atomic mass is 10.2. The van der Waals surface area contributed by atoms with Crippen LogP contribution in [0, 0.1) is 0 Å². The summed E-state index contributed by atoms with van der Waals surface area (Å²) in [5.41, 5.74) is 2.00. The molecule has 1 unspecified atom stereocenters. The zero-order chi connectivity index (χ0) is 17.6. The van der Waals surface area contributed by atoms with E-state index in [4.69, 9.17) is 11.6 Å². The number of amides is 1. The van der Waals surface area contributed by atoms with E-state index in [1.165, 1.54) is 0 Å². The fourth-order valence-corrected chi connectivity index (χ4v) is 4.08. The zero-order valence-electron chi connectivity index (χ0n) is 12.9. The molecule has 3 heterocycles. The number of carbonyl (C=O) groups is 1. The monoisotopic (exact) mass is 382 g/mol. The quantitative estimate of drug-likeness (QED) is 0.744. The number of aromatic nitrogens is 3. The van der Waals surface area contributed by atoms with E-state index < -0.39 is 17.9 Å². The van der Waals surface area contributed by atoms with E-state index in [2.05, 4.69) is 15.4 Å². The lowest BCUT2D eigenvalue weighted by molar-refractivity contribution is 0.00711. The van der Waals surface area contributed by atoms with Crippen LogP contribution in [0.4, 0.5) is 8.78 Å². The summed E-state index contributed by atoms with van der Waals surface area (Å²) in [5, 5.41) is 7.01. The van der Waals surface area contributed by atoms with Crippen molar-refractivity contribution in [3.63, 3.8) is 0 Å². The van der Waals surface area contributed by atoms with Crippen molar-refractivity contribution >= 4 is 34.4 Å². The summed E-state index contributed by atoms with van der Waals surface area (Å²) in [5.74, 6) is -3.18. The Bertz CT molecular complexity index is 955. The van der Waals surface area contributed by atoms with Gasteiger partial charge in [0.1, 0.15) is 10.0 Å². The topological polar surface area (TPSA) is 59.3 Å². The Labute approximate surface area is 150 Å². The Hall–Kier alpha value is -2.06. The fourth-order valence-electron chi connectivity index (χ4n) is 3.00. The number of carbonyl (C=O) groups excluding carboxylic acids is 1.